The van der Waals surface area contributed by atoms with Crippen molar-refractivity contribution in [3.63, 3.8) is 0 Å². The van der Waals surface area contributed by atoms with E-state index in [1.807, 2.05) is 6.92 Å². The summed E-state index contributed by atoms with van der Waals surface area (Å²) in [4.78, 5) is 11.5. The minimum Gasteiger partial charge on any atom is -0.459 e. The molecule has 0 radical (unpaired) electrons. The Bertz CT molecular complexity index is 262. The van der Waals surface area contributed by atoms with E-state index < -0.39 is 0 Å². The molecule has 0 aliphatic carbocycles. The highest BCUT2D eigenvalue weighted by Gasteiger charge is 2.68. The lowest BCUT2D eigenvalue weighted by Crippen LogP contribution is -2.36. The lowest BCUT2D eigenvalue weighted by atomic mass is 9.73. The second-order valence-corrected chi connectivity index (χ2v) is 4.45. The Hall–Kier alpha value is -0.570. The van der Waals surface area contributed by atoms with Crippen LogP contribution in [0, 0.1) is 11.3 Å². The van der Waals surface area contributed by atoms with Crippen molar-refractivity contribution in [3.05, 3.63) is 0 Å². The molecule has 3 nitrogen and oxygen atoms in total. The third-order valence-corrected chi connectivity index (χ3v) is 3.69. The second-order valence-electron chi connectivity index (χ2n) is 4.45. The molecule has 12 heavy (non-hydrogen) atoms. The molecule has 3 aliphatic heterocycles. The molecule has 0 N–H and O–H groups in total. The van der Waals surface area contributed by atoms with E-state index in [4.69, 9.17) is 9.47 Å². The minimum absolute atomic E-state index is 0.0428. The molecular weight excluding hydrogens is 156 g/mol. The lowest BCUT2D eigenvalue weighted by Gasteiger charge is -2.22. The van der Waals surface area contributed by atoms with E-state index in [0.29, 0.717) is 5.92 Å². The number of hydrogen-bond acceptors (Lipinski definition) is 3. The Labute approximate surface area is 71.0 Å². The fourth-order valence-corrected chi connectivity index (χ4v) is 2.78. The normalized spacial score (nSPS) is 61.0. The van der Waals surface area contributed by atoms with E-state index in [1.54, 1.807) is 0 Å². The highest BCUT2D eigenvalue weighted by Crippen LogP contribution is 2.56. The van der Waals surface area contributed by atoms with Gasteiger partial charge in [-0.15, -0.1) is 0 Å². The van der Waals surface area contributed by atoms with Crippen LogP contribution in [0.2, 0.25) is 0 Å². The molecule has 3 heterocycles. The van der Waals surface area contributed by atoms with Crippen LogP contribution >= 0.6 is 0 Å². The summed E-state index contributed by atoms with van der Waals surface area (Å²) in [6, 6.07) is 0. The van der Waals surface area contributed by atoms with E-state index in [-0.39, 0.29) is 29.7 Å². The quantitative estimate of drug-likeness (QED) is 0.500. The number of carbonyl (C=O) groups excluding carboxylic acids is 1. The van der Waals surface area contributed by atoms with Crippen molar-refractivity contribution in [2.24, 2.45) is 11.3 Å². The van der Waals surface area contributed by atoms with Gasteiger partial charge in [0.05, 0.1) is 11.5 Å². The standard InChI is InChI=1S/C9H12O3/c1-4-5-3-9(2)7(11-5)6(4)12-8(9)10/h4-7H,3H2,1-2H3/t4-,5?,6?,7?,9-/m1/s1. The summed E-state index contributed by atoms with van der Waals surface area (Å²) in [5.41, 5.74) is -0.318. The molecule has 0 saturated carbocycles. The summed E-state index contributed by atoms with van der Waals surface area (Å²) in [5.74, 6) is 0.346. The van der Waals surface area contributed by atoms with Gasteiger partial charge in [-0.1, -0.05) is 6.92 Å². The maximum atomic E-state index is 11.5. The Balaban J connectivity index is 2.09. The van der Waals surface area contributed by atoms with Gasteiger partial charge in [-0.3, -0.25) is 4.79 Å². The van der Waals surface area contributed by atoms with Gasteiger partial charge in [0, 0.05) is 5.92 Å². The highest BCUT2D eigenvalue weighted by molar-refractivity contribution is 5.81. The van der Waals surface area contributed by atoms with Gasteiger partial charge in [0.15, 0.2) is 0 Å². The van der Waals surface area contributed by atoms with Crippen molar-refractivity contribution in [3.8, 4) is 0 Å². The number of fused-ring (bicyclic) bond motifs is 1. The van der Waals surface area contributed by atoms with Crippen LogP contribution in [0.5, 0.6) is 0 Å². The van der Waals surface area contributed by atoms with Gasteiger partial charge in [-0.25, -0.2) is 0 Å². The topological polar surface area (TPSA) is 35.5 Å². The molecule has 3 rings (SSSR count). The van der Waals surface area contributed by atoms with Crippen LogP contribution in [-0.2, 0) is 14.3 Å². The van der Waals surface area contributed by atoms with E-state index in [1.165, 1.54) is 0 Å². The summed E-state index contributed by atoms with van der Waals surface area (Å²) in [5, 5.41) is 0. The average Bonchev–Trinajstić information content (AvgIpc) is 2.53. The first kappa shape index (κ1) is 6.89. The maximum Gasteiger partial charge on any atom is 0.315 e. The number of rotatable bonds is 0. The summed E-state index contributed by atoms with van der Waals surface area (Å²) < 4.78 is 11.0. The molecule has 3 fully saturated rings. The van der Waals surface area contributed by atoms with Crippen LogP contribution in [0.15, 0.2) is 0 Å². The second kappa shape index (κ2) is 1.69. The predicted molar refractivity (Wildman–Crippen MR) is 40.4 cm³/mol. The Morgan fingerprint density at radius 1 is 1.58 bits per heavy atom. The molecular formula is C9H12O3. The average molecular weight is 168 g/mol. The first-order valence-electron chi connectivity index (χ1n) is 4.49. The molecule has 3 saturated heterocycles. The van der Waals surface area contributed by atoms with Gasteiger partial charge in [0.25, 0.3) is 0 Å². The molecule has 3 heteroatoms. The lowest BCUT2D eigenvalue weighted by molar-refractivity contribution is -0.147. The Kier molecular flexibility index (Phi) is 0.971. The summed E-state index contributed by atoms with van der Waals surface area (Å²) >= 11 is 0. The van der Waals surface area contributed by atoms with Crippen LogP contribution in [0.25, 0.3) is 0 Å². The molecule has 0 spiro atoms. The third-order valence-electron chi connectivity index (χ3n) is 3.69. The molecule has 2 bridgehead atoms. The molecule has 0 aromatic carbocycles. The predicted octanol–water partition coefficient (Wildman–Crippen LogP) is 0.725. The van der Waals surface area contributed by atoms with E-state index >= 15 is 0 Å². The van der Waals surface area contributed by atoms with Gasteiger partial charge in [-0.2, -0.15) is 0 Å². The zero-order valence-corrected chi connectivity index (χ0v) is 7.24. The van der Waals surface area contributed by atoms with Crippen LogP contribution in [0.3, 0.4) is 0 Å². The van der Waals surface area contributed by atoms with Gasteiger partial charge in [-0.05, 0) is 13.3 Å². The summed E-state index contributed by atoms with van der Waals surface area (Å²) in [6.45, 7) is 4.07. The number of esters is 1. The maximum absolute atomic E-state index is 11.5. The van der Waals surface area contributed by atoms with Gasteiger partial charge in [0.2, 0.25) is 0 Å². The fourth-order valence-electron chi connectivity index (χ4n) is 2.78. The molecule has 3 aliphatic rings. The minimum atomic E-state index is -0.318. The summed E-state index contributed by atoms with van der Waals surface area (Å²) in [7, 11) is 0. The zero-order chi connectivity index (χ0) is 8.51. The van der Waals surface area contributed by atoms with E-state index in [2.05, 4.69) is 6.92 Å². The number of hydrogen-bond donors (Lipinski definition) is 0. The number of ether oxygens (including phenoxy) is 2. The van der Waals surface area contributed by atoms with Crippen LogP contribution in [-0.4, -0.2) is 24.3 Å². The van der Waals surface area contributed by atoms with Crippen LogP contribution < -0.4 is 0 Å². The fraction of sp³-hybridized carbons (Fsp3) is 0.889. The third kappa shape index (κ3) is 0.505. The molecule has 3 unspecified atom stereocenters. The first-order chi connectivity index (χ1) is 5.63. The van der Waals surface area contributed by atoms with Crippen LogP contribution in [0.1, 0.15) is 20.3 Å². The number of carbonyl (C=O) groups is 1. The SMILES string of the molecule is C[C@@H]1C2C[C@@]3(C)C(=O)OC1C3O2. The molecule has 0 aromatic rings. The highest BCUT2D eigenvalue weighted by atomic mass is 16.6. The molecule has 0 amide bonds. The van der Waals surface area contributed by atoms with Crippen molar-refractivity contribution in [1.29, 1.82) is 0 Å². The molecule has 5 atom stereocenters. The van der Waals surface area contributed by atoms with Gasteiger partial charge >= 0.3 is 5.97 Å². The largest absolute Gasteiger partial charge is 0.459 e. The smallest absolute Gasteiger partial charge is 0.315 e. The van der Waals surface area contributed by atoms with Crippen molar-refractivity contribution in [2.75, 3.05) is 0 Å². The Morgan fingerprint density at radius 3 is 2.92 bits per heavy atom. The van der Waals surface area contributed by atoms with E-state index in [0.717, 1.165) is 6.42 Å². The van der Waals surface area contributed by atoms with Gasteiger partial charge < -0.3 is 9.47 Å². The van der Waals surface area contributed by atoms with Gasteiger partial charge in [0.1, 0.15) is 12.2 Å². The van der Waals surface area contributed by atoms with Crippen molar-refractivity contribution in [2.45, 2.75) is 38.6 Å². The monoisotopic (exact) mass is 168 g/mol. The van der Waals surface area contributed by atoms with E-state index in [9.17, 15) is 4.79 Å². The van der Waals surface area contributed by atoms with Crippen molar-refractivity contribution >= 4 is 5.97 Å². The zero-order valence-electron chi connectivity index (χ0n) is 7.24. The summed E-state index contributed by atoms with van der Waals surface area (Å²) in [6.07, 6.45) is 1.21. The van der Waals surface area contributed by atoms with Crippen LogP contribution in [0.4, 0.5) is 0 Å². The van der Waals surface area contributed by atoms with Crippen molar-refractivity contribution < 1.29 is 14.3 Å². The molecule has 0 aromatic heterocycles. The van der Waals surface area contributed by atoms with Crippen molar-refractivity contribution in [1.82, 2.24) is 0 Å². The molecule has 66 valence electrons. The first-order valence-corrected chi connectivity index (χ1v) is 4.49. The Morgan fingerprint density at radius 2 is 2.33 bits per heavy atom.